The summed E-state index contributed by atoms with van der Waals surface area (Å²) in [4.78, 5) is 0. The van der Waals surface area contributed by atoms with E-state index >= 15 is 0 Å². The van der Waals surface area contributed by atoms with Gasteiger partial charge in [-0.05, 0) is 23.7 Å². The second kappa shape index (κ2) is 5.19. The standard InChI is InChI=1S/C14H28/c1-5-12-9-7-8-10-13(12)11-14(3,4)6-2/h12-13H,5-11H2,1-4H3. The Labute approximate surface area is 90.5 Å². The van der Waals surface area contributed by atoms with Gasteiger partial charge in [0.2, 0.25) is 0 Å². The molecule has 0 aromatic heterocycles. The predicted octanol–water partition coefficient (Wildman–Crippen LogP) is 5.03. The van der Waals surface area contributed by atoms with E-state index in [1.807, 2.05) is 0 Å². The Bertz CT molecular complexity index is 157. The highest BCUT2D eigenvalue weighted by Crippen LogP contribution is 2.40. The first-order valence-corrected chi connectivity index (χ1v) is 6.59. The average Bonchev–Trinajstić information content (AvgIpc) is 2.18. The van der Waals surface area contributed by atoms with E-state index in [0.717, 1.165) is 11.8 Å². The zero-order chi connectivity index (χ0) is 10.6. The van der Waals surface area contributed by atoms with Gasteiger partial charge < -0.3 is 0 Å². The minimum Gasteiger partial charge on any atom is -0.0651 e. The third kappa shape index (κ3) is 3.29. The van der Waals surface area contributed by atoms with Crippen molar-refractivity contribution in [3.8, 4) is 0 Å². The van der Waals surface area contributed by atoms with Gasteiger partial charge in [0.15, 0.2) is 0 Å². The molecule has 1 aliphatic rings. The molecule has 0 aromatic carbocycles. The van der Waals surface area contributed by atoms with Gasteiger partial charge >= 0.3 is 0 Å². The van der Waals surface area contributed by atoms with Gasteiger partial charge in [-0.15, -0.1) is 0 Å². The van der Waals surface area contributed by atoms with Crippen molar-refractivity contribution in [3.05, 3.63) is 0 Å². The van der Waals surface area contributed by atoms with Crippen LogP contribution in [-0.2, 0) is 0 Å². The lowest BCUT2D eigenvalue weighted by atomic mass is 9.69. The fourth-order valence-electron chi connectivity index (χ4n) is 2.94. The largest absolute Gasteiger partial charge is 0.0651 e. The Morgan fingerprint density at radius 1 is 1.00 bits per heavy atom. The molecule has 1 rings (SSSR count). The molecular formula is C14H28. The Balaban J connectivity index is 2.48. The normalized spacial score (nSPS) is 29.1. The van der Waals surface area contributed by atoms with Crippen LogP contribution in [0.5, 0.6) is 0 Å². The quantitative estimate of drug-likeness (QED) is 0.591. The van der Waals surface area contributed by atoms with Crippen LogP contribution < -0.4 is 0 Å². The predicted molar refractivity (Wildman–Crippen MR) is 64.4 cm³/mol. The van der Waals surface area contributed by atoms with Gasteiger partial charge in [-0.3, -0.25) is 0 Å². The third-order valence-corrected chi connectivity index (χ3v) is 4.36. The summed E-state index contributed by atoms with van der Waals surface area (Å²) < 4.78 is 0. The van der Waals surface area contributed by atoms with Crippen LogP contribution >= 0.6 is 0 Å². The lowest BCUT2D eigenvalue weighted by Gasteiger charge is -2.36. The molecule has 0 spiro atoms. The molecule has 1 aliphatic carbocycles. The molecule has 84 valence electrons. The lowest BCUT2D eigenvalue weighted by molar-refractivity contribution is 0.151. The third-order valence-electron chi connectivity index (χ3n) is 4.36. The molecule has 1 fully saturated rings. The summed E-state index contributed by atoms with van der Waals surface area (Å²) in [7, 11) is 0. The van der Waals surface area contributed by atoms with E-state index in [0.29, 0.717) is 5.41 Å². The van der Waals surface area contributed by atoms with Crippen LogP contribution in [0.1, 0.15) is 72.6 Å². The van der Waals surface area contributed by atoms with Crippen LogP contribution in [-0.4, -0.2) is 0 Å². The van der Waals surface area contributed by atoms with Crippen molar-refractivity contribution < 1.29 is 0 Å². The van der Waals surface area contributed by atoms with E-state index in [4.69, 9.17) is 0 Å². The van der Waals surface area contributed by atoms with Gasteiger partial charge in [-0.1, -0.05) is 66.2 Å². The molecule has 0 amide bonds. The van der Waals surface area contributed by atoms with E-state index in [1.165, 1.54) is 44.9 Å². The fourth-order valence-corrected chi connectivity index (χ4v) is 2.94. The van der Waals surface area contributed by atoms with Crippen LogP contribution in [0.3, 0.4) is 0 Å². The molecule has 0 aromatic rings. The van der Waals surface area contributed by atoms with Crippen molar-refractivity contribution in [2.24, 2.45) is 17.3 Å². The van der Waals surface area contributed by atoms with Crippen LogP contribution in [0.15, 0.2) is 0 Å². The van der Waals surface area contributed by atoms with Crippen molar-refractivity contribution in [1.82, 2.24) is 0 Å². The second-order valence-corrected chi connectivity index (χ2v) is 5.93. The van der Waals surface area contributed by atoms with Gasteiger partial charge in [0, 0.05) is 0 Å². The van der Waals surface area contributed by atoms with E-state index < -0.39 is 0 Å². The molecule has 0 heteroatoms. The summed E-state index contributed by atoms with van der Waals surface area (Å²) in [5.41, 5.74) is 0.579. The van der Waals surface area contributed by atoms with Gasteiger partial charge in [0.1, 0.15) is 0 Å². The minimum absolute atomic E-state index is 0.579. The van der Waals surface area contributed by atoms with E-state index in [9.17, 15) is 0 Å². The molecule has 0 heterocycles. The summed E-state index contributed by atoms with van der Waals surface area (Å²) in [6.45, 7) is 9.59. The van der Waals surface area contributed by atoms with Crippen molar-refractivity contribution in [2.75, 3.05) is 0 Å². The molecule has 2 unspecified atom stereocenters. The highest BCUT2D eigenvalue weighted by molar-refractivity contribution is 4.80. The van der Waals surface area contributed by atoms with Crippen LogP contribution in [0.25, 0.3) is 0 Å². The number of hydrogen-bond donors (Lipinski definition) is 0. The molecule has 0 aliphatic heterocycles. The fraction of sp³-hybridized carbons (Fsp3) is 1.00. The van der Waals surface area contributed by atoms with Crippen LogP contribution in [0, 0.1) is 17.3 Å². The summed E-state index contributed by atoms with van der Waals surface area (Å²) >= 11 is 0. The summed E-state index contributed by atoms with van der Waals surface area (Å²) in [5.74, 6) is 2.07. The molecule has 1 saturated carbocycles. The zero-order valence-corrected chi connectivity index (χ0v) is 10.6. The molecular weight excluding hydrogens is 168 g/mol. The number of rotatable bonds is 4. The van der Waals surface area contributed by atoms with Gasteiger partial charge in [-0.25, -0.2) is 0 Å². The van der Waals surface area contributed by atoms with Crippen molar-refractivity contribution in [2.45, 2.75) is 72.6 Å². The molecule has 0 saturated heterocycles. The maximum Gasteiger partial charge on any atom is -0.0354 e. The maximum absolute atomic E-state index is 2.44. The molecule has 0 bridgehead atoms. The molecule has 0 nitrogen and oxygen atoms in total. The summed E-state index contributed by atoms with van der Waals surface area (Å²) in [6.07, 6.45) is 10.2. The van der Waals surface area contributed by atoms with Gasteiger partial charge in [0.05, 0.1) is 0 Å². The Morgan fingerprint density at radius 2 is 1.57 bits per heavy atom. The second-order valence-electron chi connectivity index (χ2n) is 5.93. The van der Waals surface area contributed by atoms with Crippen molar-refractivity contribution in [3.63, 3.8) is 0 Å². The smallest absolute Gasteiger partial charge is 0.0354 e. The molecule has 0 N–H and O–H groups in total. The average molecular weight is 196 g/mol. The van der Waals surface area contributed by atoms with Gasteiger partial charge in [0.25, 0.3) is 0 Å². The van der Waals surface area contributed by atoms with Crippen molar-refractivity contribution >= 4 is 0 Å². The van der Waals surface area contributed by atoms with E-state index in [-0.39, 0.29) is 0 Å². The minimum atomic E-state index is 0.579. The number of hydrogen-bond acceptors (Lipinski definition) is 0. The zero-order valence-electron chi connectivity index (χ0n) is 10.6. The van der Waals surface area contributed by atoms with Crippen LogP contribution in [0.4, 0.5) is 0 Å². The topological polar surface area (TPSA) is 0 Å². The highest BCUT2D eigenvalue weighted by Gasteiger charge is 2.28. The Hall–Kier alpha value is 0. The first kappa shape index (κ1) is 12.1. The van der Waals surface area contributed by atoms with Crippen LogP contribution in [0.2, 0.25) is 0 Å². The lowest BCUT2D eigenvalue weighted by Crippen LogP contribution is -2.25. The molecule has 2 atom stereocenters. The van der Waals surface area contributed by atoms with Crippen molar-refractivity contribution in [1.29, 1.82) is 0 Å². The Morgan fingerprint density at radius 3 is 2.07 bits per heavy atom. The van der Waals surface area contributed by atoms with Gasteiger partial charge in [-0.2, -0.15) is 0 Å². The SMILES string of the molecule is CCC1CCCCC1CC(C)(C)CC. The first-order valence-electron chi connectivity index (χ1n) is 6.59. The molecule has 14 heavy (non-hydrogen) atoms. The van der Waals surface area contributed by atoms with E-state index in [1.54, 1.807) is 0 Å². The highest BCUT2D eigenvalue weighted by atomic mass is 14.3. The monoisotopic (exact) mass is 196 g/mol. The molecule has 0 radical (unpaired) electrons. The van der Waals surface area contributed by atoms with E-state index in [2.05, 4.69) is 27.7 Å². The summed E-state index contributed by atoms with van der Waals surface area (Å²) in [6, 6.07) is 0. The maximum atomic E-state index is 2.44. The Kier molecular flexibility index (Phi) is 4.47. The first-order chi connectivity index (χ1) is 6.59. The summed E-state index contributed by atoms with van der Waals surface area (Å²) in [5, 5.41) is 0.